The highest BCUT2D eigenvalue weighted by Gasteiger charge is 2.29. The summed E-state index contributed by atoms with van der Waals surface area (Å²) in [6.45, 7) is 4.03. The van der Waals surface area contributed by atoms with Crippen molar-refractivity contribution in [2.45, 2.75) is 31.8 Å². The summed E-state index contributed by atoms with van der Waals surface area (Å²) in [6, 6.07) is 0. The van der Waals surface area contributed by atoms with E-state index in [9.17, 15) is 9.90 Å². The van der Waals surface area contributed by atoms with E-state index in [1.165, 1.54) is 0 Å². The average Bonchev–Trinajstić information content (AvgIpc) is 2.14. The summed E-state index contributed by atoms with van der Waals surface area (Å²) < 4.78 is 0. The first kappa shape index (κ1) is 12.5. The fourth-order valence-corrected chi connectivity index (χ4v) is 1.72. The van der Waals surface area contributed by atoms with Gasteiger partial charge in [0.25, 0.3) is 0 Å². The summed E-state index contributed by atoms with van der Waals surface area (Å²) in [5, 5.41) is 9.75. The molecule has 1 aliphatic heterocycles. The van der Waals surface area contributed by atoms with Gasteiger partial charge in [-0.3, -0.25) is 4.79 Å². The van der Waals surface area contributed by atoms with Crippen LogP contribution in [-0.2, 0) is 4.79 Å². The van der Waals surface area contributed by atoms with Crippen molar-refractivity contribution in [1.29, 1.82) is 0 Å². The fourth-order valence-electron chi connectivity index (χ4n) is 1.72. The minimum atomic E-state index is -0.571. The van der Waals surface area contributed by atoms with Crippen LogP contribution in [0.3, 0.4) is 0 Å². The first-order valence-electron chi connectivity index (χ1n) is 5.56. The molecule has 0 unspecified atom stereocenters. The number of aliphatic hydroxyl groups is 1. The zero-order valence-corrected chi connectivity index (χ0v) is 9.99. The Morgan fingerprint density at radius 3 is 2.40 bits per heavy atom. The summed E-state index contributed by atoms with van der Waals surface area (Å²) >= 11 is 0. The van der Waals surface area contributed by atoms with Gasteiger partial charge in [-0.15, -0.1) is 0 Å². The van der Waals surface area contributed by atoms with Crippen LogP contribution >= 0.6 is 0 Å². The van der Waals surface area contributed by atoms with Gasteiger partial charge in [0.2, 0.25) is 5.91 Å². The first-order chi connectivity index (χ1) is 6.91. The maximum absolute atomic E-state index is 11.7. The van der Waals surface area contributed by atoms with E-state index in [0.29, 0.717) is 32.4 Å². The molecule has 0 radical (unpaired) electrons. The van der Waals surface area contributed by atoms with Crippen LogP contribution in [0.1, 0.15) is 26.2 Å². The predicted octanol–water partition coefficient (Wildman–Crippen LogP) is 0.311. The molecule has 0 aromatic heterocycles. The van der Waals surface area contributed by atoms with Crippen LogP contribution in [0.2, 0.25) is 0 Å². The molecule has 1 saturated heterocycles. The third-order valence-corrected chi connectivity index (χ3v) is 2.97. The zero-order valence-electron chi connectivity index (χ0n) is 9.99. The van der Waals surface area contributed by atoms with E-state index in [2.05, 4.69) is 0 Å². The van der Waals surface area contributed by atoms with E-state index in [0.717, 1.165) is 6.54 Å². The van der Waals surface area contributed by atoms with E-state index < -0.39 is 5.60 Å². The number of likely N-dealkylation sites (tertiary alicyclic amines) is 1. The van der Waals surface area contributed by atoms with Gasteiger partial charge < -0.3 is 14.9 Å². The van der Waals surface area contributed by atoms with E-state index in [1.807, 2.05) is 30.8 Å². The molecule has 0 aromatic carbocycles. The Labute approximate surface area is 91.9 Å². The number of piperidine rings is 1. The van der Waals surface area contributed by atoms with Gasteiger partial charge in [0, 0.05) is 26.1 Å². The van der Waals surface area contributed by atoms with Crippen molar-refractivity contribution in [1.82, 2.24) is 9.80 Å². The van der Waals surface area contributed by atoms with Crippen molar-refractivity contribution in [3.63, 3.8) is 0 Å². The molecule has 88 valence electrons. The van der Waals surface area contributed by atoms with E-state index in [4.69, 9.17) is 0 Å². The maximum Gasteiger partial charge on any atom is 0.223 e. The Bertz CT molecular complexity index is 217. The highest BCUT2D eigenvalue weighted by molar-refractivity contribution is 5.76. The molecule has 1 aliphatic rings. The highest BCUT2D eigenvalue weighted by Crippen LogP contribution is 2.21. The lowest BCUT2D eigenvalue weighted by Crippen LogP contribution is -2.45. The Balaban J connectivity index is 2.30. The molecule has 1 heterocycles. The lowest BCUT2D eigenvalue weighted by atomic mass is 9.94. The van der Waals surface area contributed by atoms with Gasteiger partial charge in [0.05, 0.1) is 5.60 Å². The standard InChI is InChI=1S/C11H22N2O2/c1-11(15)5-8-13(9-6-11)10(14)4-7-12(2)3/h15H,4-9H2,1-3H3. The van der Waals surface area contributed by atoms with Crippen molar-refractivity contribution in [2.75, 3.05) is 33.7 Å². The molecule has 1 N–H and O–H groups in total. The monoisotopic (exact) mass is 214 g/mol. The minimum absolute atomic E-state index is 0.208. The van der Waals surface area contributed by atoms with E-state index in [1.54, 1.807) is 0 Å². The number of rotatable bonds is 3. The van der Waals surface area contributed by atoms with Gasteiger partial charge in [-0.05, 0) is 33.9 Å². The summed E-state index contributed by atoms with van der Waals surface area (Å²) in [5.41, 5.74) is -0.571. The van der Waals surface area contributed by atoms with Gasteiger partial charge >= 0.3 is 0 Å². The molecular weight excluding hydrogens is 192 g/mol. The number of carbonyl (C=O) groups is 1. The second kappa shape index (κ2) is 4.94. The predicted molar refractivity (Wildman–Crippen MR) is 59.6 cm³/mol. The minimum Gasteiger partial charge on any atom is -0.390 e. The van der Waals surface area contributed by atoms with Crippen LogP contribution in [0, 0.1) is 0 Å². The molecule has 4 nitrogen and oxygen atoms in total. The van der Waals surface area contributed by atoms with Crippen molar-refractivity contribution in [3.05, 3.63) is 0 Å². The average molecular weight is 214 g/mol. The number of hydrogen-bond acceptors (Lipinski definition) is 3. The Morgan fingerprint density at radius 1 is 1.40 bits per heavy atom. The Kier molecular flexibility index (Phi) is 4.11. The molecular formula is C11H22N2O2. The largest absolute Gasteiger partial charge is 0.390 e. The highest BCUT2D eigenvalue weighted by atomic mass is 16.3. The lowest BCUT2D eigenvalue weighted by Gasteiger charge is -2.36. The van der Waals surface area contributed by atoms with E-state index in [-0.39, 0.29) is 5.91 Å². The Hall–Kier alpha value is -0.610. The molecule has 0 saturated carbocycles. The van der Waals surface area contributed by atoms with Gasteiger partial charge in [-0.25, -0.2) is 0 Å². The molecule has 1 fully saturated rings. The van der Waals surface area contributed by atoms with Crippen molar-refractivity contribution in [3.8, 4) is 0 Å². The third kappa shape index (κ3) is 4.18. The van der Waals surface area contributed by atoms with Crippen LogP contribution in [0.15, 0.2) is 0 Å². The molecule has 0 atom stereocenters. The summed E-state index contributed by atoms with van der Waals surface area (Å²) in [7, 11) is 3.93. The maximum atomic E-state index is 11.7. The topological polar surface area (TPSA) is 43.8 Å². The van der Waals surface area contributed by atoms with E-state index >= 15 is 0 Å². The second-order valence-corrected chi connectivity index (χ2v) is 4.93. The van der Waals surface area contributed by atoms with Crippen LogP contribution in [-0.4, -0.2) is 60.1 Å². The molecule has 0 spiro atoms. The van der Waals surface area contributed by atoms with Crippen molar-refractivity contribution < 1.29 is 9.90 Å². The van der Waals surface area contributed by atoms with Gasteiger partial charge in [0.15, 0.2) is 0 Å². The SMILES string of the molecule is CN(C)CCC(=O)N1CCC(C)(O)CC1. The number of carbonyl (C=O) groups excluding carboxylic acids is 1. The van der Waals surface area contributed by atoms with Crippen LogP contribution in [0.5, 0.6) is 0 Å². The first-order valence-corrected chi connectivity index (χ1v) is 5.56. The second-order valence-electron chi connectivity index (χ2n) is 4.93. The van der Waals surface area contributed by atoms with Crippen LogP contribution < -0.4 is 0 Å². The number of amides is 1. The molecule has 0 aromatic rings. The number of hydrogen-bond donors (Lipinski definition) is 1. The molecule has 0 bridgehead atoms. The van der Waals surface area contributed by atoms with Crippen LogP contribution in [0.25, 0.3) is 0 Å². The van der Waals surface area contributed by atoms with Crippen molar-refractivity contribution in [2.24, 2.45) is 0 Å². The molecule has 1 amide bonds. The quantitative estimate of drug-likeness (QED) is 0.735. The Morgan fingerprint density at radius 2 is 1.93 bits per heavy atom. The molecule has 15 heavy (non-hydrogen) atoms. The van der Waals surface area contributed by atoms with Crippen molar-refractivity contribution >= 4 is 5.91 Å². The van der Waals surface area contributed by atoms with Gasteiger partial charge in [-0.1, -0.05) is 0 Å². The summed E-state index contributed by atoms with van der Waals surface area (Å²) in [5.74, 6) is 0.208. The fraction of sp³-hybridized carbons (Fsp3) is 0.909. The number of nitrogens with zero attached hydrogens (tertiary/aromatic N) is 2. The summed E-state index contributed by atoms with van der Waals surface area (Å²) in [6.07, 6.45) is 1.97. The third-order valence-electron chi connectivity index (χ3n) is 2.97. The zero-order chi connectivity index (χ0) is 11.5. The molecule has 4 heteroatoms. The van der Waals surface area contributed by atoms with Gasteiger partial charge in [0.1, 0.15) is 0 Å². The lowest BCUT2D eigenvalue weighted by molar-refractivity contribution is -0.135. The smallest absolute Gasteiger partial charge is 0.223 e. The van der Waals surface area contributed by atoms with Gasteiger partial charge in [-0.2, -0.15) is 0 Å². The van der Waals surface area contributed by atoms with Crippen LogP contribution in [0.4, 0.5) is 0 Å². The normalized spacial score (nSPS) is 20.7. The molecule has 1 rings (SSSR count). The molecule has 0 aliphatic carbocycles. The summed E-state index contributed by atoms with van der Waals surface area (Å²) in [4.78, 5) is 15.6.